The van der Waals surface area contributed by atoms with Gasteiger partial charge in [-0.15, -0.1) is 0 Å². The van der Waals surface area contributed by atoms with E-state index in [1.807, 2.05) is 0 Å². The maximum Gasteiger partial charge on any atom is 0.317 e. The molecule has 0 aliphatic rings. The van der Waals surface area contributed by atoms with Crippen LogP contribution in [0.5, 0.6) is 0 Å². The number of esters is 1. The summed E-state index contributed by atoms with van der Waals surface area (Å²) in [6.07, 6.45) is 0.0740. The minimum atomic E-state index is -0.961. The third kappa shape index (κ3) is 6.07. The first kappa shape index (κ1) is 16.2. The number of ether oxygens (including phenoxy) is 1. The Labute approximate surface area is 106 Å². The fraction of sp³-hybridized carbons (Fsp3) is 0.727. The summed E-state index contributed by atoms with van der Waals surface area (Å²) in [7, 11) is 2.77. The van der Waals surface area contributed by atoms with Crippen LogP contribution in [0.25, 0.3) is 0 Å². The highest BCUT2D eigenvalue weighted by molar-refractivity contribution is 5.77. The number of methoxy groups -OCH3 is 1. The first-order valence-corrected chi connectivity index (χ1v) is 5.59. The van der Waals surface area contributed by atoms with E-state index >= 15 is 0 Å². The quantitative estimate of drug-likeness (QED) is 0.670. The molecule has 0 aromatic rings. The van der Waals surface area contributed by atoms with Crippen molar-refractivity contribution in [3.63, 3.8) is 0 Å². The first-order valence-electron chi connectivity index (χ1n) is 5.59. The average molecular weight is 260 g/mol. The third-order valence-electron chi connectivity index (χ3n) is 2.39. The number of amides is 2. The van der Waals surface area contributed by atoms with Crippen molar-refractivity contribution in [1.29, 1.82) is 0 Å². The van der Waals surface area contributed by atoms with E-state index in [0.29, 0.717) is 0 Å². The van der Waals surface area contributed by atoms with Crippen LogP contribution in [-0.4, -0.2) is 54.7 Å². The standard InChI is InChI=1S/C11H20N2O5/c1-7(10(15)16)6-13(3)11(17)12-8(2)5-9(14)18-4/h7-8H,5-6H2,1-4H3,(H,12,17)(H,15,16). The minimum Gasteiger partial charge on any atom is -0.481 e. The summed E-state index contributed by atoms with van der Waals surface area (Å²) in [6, 6.07) is -0.785. The van der Waals surface area contributed by atoms with Crippen LogP contribution in [0, 0.1) is 5.92 Å². The van der Waals surface area contributed by atoms with Gasteiger partial charge < -0.3 is 20.1 Å². The van der Waals surface area contributed by atoms with Crippen LogP contribution in [0.4, 0.5) is 4.79 Å². The van der Waals surface area contributed by atoms with E-state index in [0.717, 1.165) is 0 Å². The van der Waals surface area contributed by atoms with E-state index in [4.69, 9.17) is 5.11 Å². The Morgan fingerprint density at radius 2 is 1.89 bits per heavy atom. The van der Waals surface area contributed by atoms with E-state index < -0.39 is 23.9 Å². The Kier molecular flexibility index (Phi) is 6.77. The summed E-state index contributed by atoms with van der Waals surface area (Å²) in [5, 5.41) is 11.3. The van der Waals surface area contributed by atoms with Crippen LogP contribution in [-0.2, 0) is 14.3 Å². The summed E-state index contributed by atoms with van der Waals surface area (Å²) in [6.45, 7) is 3.29. The van der Waals surface area contributed by atoms with Crippen LogP contribution >= 0.6 is 0 Å². The van der Waals surface area contributed by atoms with Gasteiger partial charge in [0.25, 0.3) is 0 Å². The SMILES string of the molecule is COC(=O)CC(C)NC(=O)N(C)CC(C)C(=O)O. The van der Waals surface area contributed by atoms with Crippen molar-refractivity contribution in [3.05, 3.63) is 0 Å². The molecule has 2 N–H and O–H groups in total. The van der Waals surface area contributed by atoms with E-state index in [1.165, 1.54) is 26.0 Å². The highest BCUT2D eigenvalue weighted by atomic mass is 16.5. The largest absolute Gasteiger partial charge is 0.481 e. The molecule has 0 heterocycles. The van der Waals surface area contributed by atoms with Crippen molar-refractivity contribution in [2.75, 3.05) is 20.7 Å². The van der Waals surface area contributed by atoms with Gasteiger partial charge in [-0.25, -0.2) is 4.79 Å². The molecule has 104 valence electrons. The minimum absolute atomic E-state index is 0.0740. The Morgan fingerprint density at radius 1 is 1.33 bits per heavy atom. The van der Waals surface area contributed by atoms with Gasteiger partial charge in [0.05, 0.1) is 19.4 Å². The average Bonchev–Trinajstić information content (AvgIpc) is 2.27. The van der Waals surface area contributed by atoms with Crippen molar-refractivity contribution < 1.29 is 24.2 Å². The monoisotopic (exact) mass is 260 g/mol. The number of carboxylic acids is 1. The molecule has 0 aliphatic heterocycles. The zero-order valence-electron chi connectivity index (χ0n) is 11.1. The molecule has 0 aliphatic carbocycles. The lowest BCUT2D eigenvalue weighted by molar-refractivity contribution is -0.142. The fourth-order valence-corrected chi connectivity index (χ4v) is 1.28. The molecule has 0 bridgehead atoms. The van der Waals surface area contributed by atoms with Gasteiger partial charge in [-0.1, -0.05) is 6.92 Å². The number of rotatable bonds is 6. The van der Waals surface area contributed by atoms with Crippen molar-refractivity contribution in [3.8, 4) is 0 Å². The van der Waals surface area contributed by atoms with E-state index in [2.05, 4.69) is 10.1 Å². The lowest BCUT2D eigenvalue weighted by Crippen LogP contribution is -2.44. The molecule has 0 saturated heterocycles. The van der Waals surface area contributed by atoms with E-state index in [-0.39, 0.29) is 19.0 Å². The van der Waals surface area contributed by atoms with Gasteiger partial charge in [-0.05, 0) is 6.92 Å². The molecule has 2 unspecified atom stereocenters. The fourth-order valence-electron chi connectivity index (χ4n) is 1.28. The summed E-state index contributed by atoms with van der Waals surface area (Å²) in [5.41, 5.74) is 0. The Hall–Kier alpha value is -1.79. The van der Waals surface area contributed by atoms with Crippen LogP contribution in [0.3, 0.4) is 0 Å². The highest BCUT2D eigenvalue weighted by Gasteiger charge is 2.19. The molecule has 0 aromatic heterocycles. The lowest BCUT2D eigenvalue weighted by atomic mass is 10.2. The second-order valence-corrected chi connectivity index (χ2v) is 4.25. The molecule has 18 heavy (non-hydrogen) atoms. The van der Waals surface area contributed by atoms with Crippen LogP contribution < -0.4 is 5.32 Å². The zero-order valence-corrected chi connectivity index (χ0v) is 11.1. The third-order valence-corrected chi connectivity index (χ3v) is 2.39. The normalized spacial score (nSPS) is 13.3. The summed E-state index contributed by atoms with van der Waals surface area (Å²) in [5.74, 6) is -2.02. The highest BCUT2D eigenvalue weighted by Crippen LogP contribution is 2.00. The van der Waals surface area contributed by atoms with E-state index in [9.17, 15) is 14.4 Å². The second-order valence-electron chi connectivity index (χ2n) is 4.25. The van der Waals surface area contributed by atoms with Crippen LogP contribution in [0.15, 0.2) is 0 Å². The van der Waals surface area contributed by atoms with Gasteiger partial charge in [-0.2, -0.15) is 0 Å². The smallest absolute Gasteiger partial charge is 0.317 e. The Bertz CT molecular complexity index is 319. The molecule has 0 radical (unpaired) electrons. The first-order chi connectivity index (χ1) is 8.27. The van der Waals surface area contributed by atoms with Gasteiger partial charge in [0.15, 0.2) is 0 Å². The molecule has 0 rings (SSSR count). The maximum atomic E-state index is 11.7. The van der Waals surface area contributed by atoms with E-state index in [1.54, 1.807) is 6.92 Å². The number of aliphatic carboxylic acids is 1. The molecule has 7 nitrogen and oxygen atoms in total. The van der Waals surface area contributed by atoms with Crippen LogP contribution in [0.1, 0.15) is 20.3 Å². The van der Waals surface area contributed by atoms with Gasteiger partial charge in [0.2, 0.25) is 0 Å². The summed E-state index contributed by atoms with van der Waals surface area (Å²) < 4.78 is 4.48. The predicted octanol–water partition coefficient (Wildman–Crippen LogP) is 0.300. The van der Waals surface area contributed by atoms with Crippen molar-refractivity contribution in [1.82, 2.24) is 10.2 Å². The molecule has 2 atom stereocenters. The Morgan fingerprint density at radius 3 is 2.33 bits per heavy atom. The summed E-state index contributed by atoms with van der Waals surface area (Å²) in [4.78, 5) is 34.5. The van der Waals surface area contributed by atoms with Gasteiger partial charge in [0, 0.05) is 19.6 Å². The molecular formula is C11H20N2O5. The molecule has 0 saturated carbocycles. The number of hydrogen-bond acceptors (Lipinski definition) is 4. The van der Waals surface area contributed by atoms with Gasteiger partial charge in [0.1, 0.15) is 0 Å². The molecule has 0 aromatic carbocycles. The lowest BCUT2D eigenvalue weighted by Gasteiger charge is -2.22. The molecular weight excluding hydrogens is 240 g/mol. The van der Waals surface area contributed by atoms with Crippen molar-refractivity contribution >= 4 is 18.0 Å². The number of carbonyl (C=O) groups excluding carboxylic acids is 2. The molecule has 0 fully saturated rings. The number of carboxylic acid groups (broad SMARTS) is 1. The Balaban J connectivity index is 4.15. The summed E-state index contributed by atoms with van der Waals surface area (Å²) >= 11 is 0. The molecule has 0 spiro atoms. The number of carbonyl (C=O) groups is 3. The van der Waals surface area contributed by atoms with Gasteiger partial charge >= 0.3 is 18.0 Å². The molecule has 2 amide bonds. The van der Waals surface area contributed by atoms with Crippen molar-refractivity contribution in [2.24, 2.45) is 5.92 Å². The topological polar surface area (TPSA) is 95.9 Å². The van der Waals surface area contributed by atoms with Gasteiger partial charge in [-0.3, -0.25) is 9.59 Å². The predicted molar refractivity (Wildman–Crippen MR) is 64.1 cm³/mol. The molecule has 7 heteroatoms. The maximum absolute atomic E-state index is 11.7. The number of hydrogen-bond donors (Lipinski definition) is 2. The van der Waals surface area contributed by atoms with Crippen LogP contribution in [0.2, 0.25) is 0 Å². The zero-order chi connectivity index (χ0) is 14.3. The number of nitrogens with zero attached hydrogens (tertiary/aromatic N) is 1. The van der Waals surface area contributed by atoms with Crippen molar-refractivity contribution in [2.45, 2.75) is 26.3 Å². The second kappa shape index (κ2) is 7.52. The number of nitrogens with one attached hydrogen (secondary N) is 1. The number of urea groups is 1.